The lowest BCUT2D eigenvalue weighted by Gasteiger charge is -2.12. The molecule has 4 aromatic rings. The van der Waals surface area contributed by atoms with Crippen molar-refractivity contribution in [2.24, 2.45) is 5.10 Å². The molecule has 3 aromatic carbocycles. The zero-order valence-corrected chi connectivity index (χ0v) is 19.7. The Balaban J connectivity index is 1.30. The molecule has 0 aliphatic heterocycles. The molecule has 0 aliphatic rings. The molecule has 1 heterocycles. The summed E-state index contributed by atoms with van der Waals surface area (Å²) in [7, 11) is 0. The van der Waals surface area contributed by atoms with Crippen LogP contribution in [0.3, 0.4) is 0 Å². The molecule has 0 saturated carbocycles. The highest BCUT2D eigenvalue weighted by molar-refractivity contribution is 8.01. The highest BCUT2D eigenvalue weighted by Crippen LogP contribution is 2.30. The van der Waals surface area contributed by atoms with Gasteiger partial charge in [-0.1, -0.05) is 54.2 Å². The number of thioether (sulfide) groups is 1. The minimum atomic E-state index is -0.191. The van der Waals surface area contributed by atoms with Crippen LogP contribution in [0, 0.1) is 0 Å². The van der Waals surface area contributed by atoms with Gasteiger partial charge in [-0.25, -0.2) is 10.4 Å². The second kappa shape index (κ2) is 11.5. The Morgan fingerprint density at radius 2 is 1.88 bits per heavy atom. The first kappa shape index (κ1) is 22.8. The van der Waals surface area contributed by atoms with Gasteiger partial charge in [0, 0.05) is 0 Å². The van der Waals surface area contributed by atoms with E-state index in [1.807, 2.05) is 79.7 Å². The van der Waals surface area contributed by atoms with E-state index in [4.69, 9.17) is 9.47 Å². The summed E-state index contributed by atoms with van der Waals surface area (Å²) in [6.45, 7) is 2.89. The number of amides is 1. The maximum absolute atomic E-state index is 12.2. The molecule has 8 heteroatoms. The van der Waals surface area contributed by atoms with Crippen LogP contribution in [-0.4, -0.2) is 29.5 Å². The van der Waals surface area contributed by atoms with Gasteiger partial charge in [0.15, 0.2) is 15.8 Å². The lowest BCUT2D eigenvalue weighted by molar-refractivity contribution is -0.118. The molecule has 33 heavy (non-hydrogen) atoms. The summed E-state index contributed by atoms with van der Waals surface area (Å²) in [5.41, 5.74) is 5.39. The Morgan fingerprint density at radius 3 is 2.70 bits per heavy atom. The van der Waals surface area contributed by atoms with Gasteiger partial charge in [0.2, 0.25) is 0 Å². The average Bonchev–Trinajstić information content (AvgIpc) is 3.26. The van der Waals surface area contributed by atoms with Crippen molar-refractivity contribution in [2.45, 2.75) is 17.9 Å². The van der Waals surface area contributed by atoms with Crippen molar-refractivity contribution < 1.29 is 14.3 Å². The van der Waals surface area contributed by atoms with Crippen LogP contribution in [0.25, 0.3) is 10.2 Å². The Morgan fingerprint density at radius 1 is 1.06 bits per heavy atom. The fraction of sp³-hybridized carbons (Fsp3) is 0.160. The van der Waals surface area contributed by atoms with Crippen LogP contribution < -0.4 is 14.9 Å². The molecule has 1 N–H and O–H groups in total. The molecule has 1 aromatic heterocycles. The number of ether oxygens (including phenoxy) is 2. The monoisotopic (exact) mass is 477 g/mol. The van der Waals surface area contributed by atoms with Crippen molar-refractivity contribution in [3.05, 3.63) is 83.9 Å². The van der Waals surface area contributed by atoms with E-state index in [9.17, 15) is 4.79 Å². The molecule has 0 atom stereocenters. The normalized spacial score (nSPS) is 11.1. The number of nitrogens with zero attached hydrogens (tertiary/aromatic N) is 2. The van der Waals surface area contributed by atoms with Crippen LogP contribution in [0.4, 0.5) is 0 Å². The van der Waals surface area contributed by atoms with E-state index in [0.29, 0.717) is 24.7 Å². The Kier molecular flexibility index (Phi) is 7.94. The minimum absolute atomic E-state index is 0.191. The molecule has 0 bridgehead atoms. The third-order valence-electron chi connectivity index (χ3n) is 4.51. The summed E-state index contributed by atoms with van der Waals surface area (Å²) < 4.78 is 13.6. The number of carbonyl (C=O) groups excluding carboxylic acids is 1. The third kappa shape index (κ3) is 6.57. The zero-order chi connectivity index (χ0) is 22.9. The number of thiazole rings is 1. The van der Waals surface area contributed by atoms with E-state index in [-0.39, 0.29) is 11.7 Å². The van der Waals surface area contributed by atoms with Crippen LogP contribution in [0.1, 0.15) is 18.1 Å². The number of para-hydroxylation sites is 1. The largest absolute Gasteiger partial charge is 0.490 e. The smallest absolute Gasteiger partial charge is 0.250 e. The fourth-order valence-corrected chi connectivity index (χ4v) is 4.84. The maximum atomic E-state index is 12.2. The number of rotatable bonds is 10. The standard InChI is InChI=1S/C25H23N3O3S2/c1-2-30-22-14-19(12-13-21(22)31-16-18-8-4-3-5-9-18)15-26-28-24(29)17-32-25-27-20-10-6-7-11-23(20)33-25/h3-15H,2,16-17H2,1H3,(H,28,29). The average molecular weight is 478 g/mol. The van der Waals surface area contributed by atoms with Crippen molar-refractivity contribution in [2.75, 3.05) is 12.4 Å². The number of carbonyl (C=O) groups is 1. The lowest BCUT2D eigenvalue weighted by Crippen LogP contribution is -2.19. The van der Waals surface area contributed by atoms with Crippen molar-refractivity contribution in [1.29, 1.82) is 0 Å². The van der Waals surface area contributed by atoms with E-state index in [0.717, 1.165) is 25.7 Å². The van der Waals surface area contributed by atoms with Gasteiger partial charge in [-0.15, -0.1) is 11.3 Å². The molecule has 4 rings (SSSR count). The summed E-state index contributed by atoms with van der Waals surface area (Å²) >= 11 is 2.98. The molecule has 0 saturated heterocycles. The second-order valence-corrected chi connectivity index (χ2v) is 9.20. The molecule has 6 nitrogen and oxygen atoms in total. The van der Waals surface area contributed by atoms with Gasteiger partial charge in [0.05, 0.1) is 28.8 Å². The molecule has 0 spiro atoms. The number of benzene rings is 3. The van der Waals surface area contributed by atoms with Crippen LogP contribution in [0.5, 0.6) is 11.5 Å². The Hall–Kier alpha value is -3.36. The van der Waals surface area contributed by atoms with Gasteiger partial charge in [-0.2, -0.15) is 5.10 Å². The topological polar surface area (TPSA) is 72.8 Å². The first-order valence-electron chi connectivity index (χ1n) is 10.4. The first-order chi connectivity index (χ1) is 16.2. The van der Waals surface area contributed by atoms with Crippen molar-refractivity contribution >= 4 is 45.4 Å². The third-order valence-corrected chi connectivity index (χ3v) is 6.69. The number of aromatic nitrogens is 1. The van der Waals surface area contributed by atoms with E-state index in [2.05, 4.69) is 15.5 Å². The number of fused-ring (bicyclic) bond motifs is 1. The van der Waals surface area contributed by atoms with Gasteiger partial charge in [0.25, 0.3) is 5.91 Å². The predicted molar refractivity (Wildman–Crippen MR) is 134 cm³/mol. The highest BCUT2D eigenvalue weighted by Gasteiger charge is 2.08. The zero-order valence-electron chi connectivity index (χ0n) is 18.1. The number of hydrogen-bond acceptors (Lipinski definition) is 7. The Bertz CT molecular complexity index is 1210. The second-order valence-electron chi connectivity index (χ2n) is 6.94. The molecule has 0 aliphatic carbocycles. The Labute approximate surface area is 200 Å². The quantitative estimate of drug-likeness (QED) is 0.185. The van der Waals surface area contributed by atoms with Crippen molar-refractivity contribution in [1.82, 2.24) is 10.4 Å². The van der Waals surface area contributed by atoms with Crippen molar-refractivity contribution in [3.8, 4) is 11.5 Å². The van der Waals surface area contributed by atoms with Crippen LogP contribution in [-0.2, 0) is 11.4 Å². The van der Waals surface area contributed by atoms with Gasteiger partial charge in [0.1, 0.15) is 6.61 Å². The number of hydrazone groups is 1. The molecule has 1 amide bonds. The van der Waals surface area contributed by atoms with Crippen molar-refractivity contribution in [3.63, 3.8) is 0 Å². The molecular weight excluding hydrogens is 454 g/mol. The fourth-order valence-electron chi connectivity index (χ4n) is 2.98. The van der Waals surface area contributed by atoms with Crippen LogP contribution >= 0.6 is 23.1 Å². The van der Waals surface area contributed by atoms with E-state index in [1.165, 1.54) is 11.8 Å². The number of nitrogens with one attached hydrogen (secondary N) is 1. The molecule has 0 radical (unpaired) electrons. The first-order valence-corrected chi connectivity index (χ1v) is 12.3. The van der Waals surface area contributed by atoms with E-state index < -0.39 is 0 Å². The lowest BCUT2D eigenvalue weighted by atomic mass is 10.2. The predicted octanol–water partition coefficient (Wildman–Crippen LogP) is 5.52. The van der Waals surface area contributed by atoms with Crippen LogP contribution in [0.15, 0.2) is 82.2 Å². The number of hydrogen-bond donors (Lipinski definition) is 1. The highest BCUT2D eigenvalue weighted by atomic mass is 32.2. The van der Waals surface area contributed by atoms with Crippen LogP contribution in [0.2, 0.25) is 0 Å². The summed E-state index contributed by atoms with van der Waals surface area (Å²) in [5, 5.41) is 4.07. The van der Waals surface area contributed by atoms with Gasteiger partial charge < -0.3 is 9.47 Å². The van der Waals surface area contributed by atoms with Gasteiger partial charge in [-0.05, 0) is 48.4 Å². The summed E-state index contributed by atoms with van der Waals surface area (Å²) in [6.07, 6.45) is 1.59. The summed E-state index contributed by atoms with van der Waals surface area (Å²) in [6, 6.07) is 23.4. The maximum Gasteiger partial charge on any atom is 0.250 e. The molecular formula is C25H23N3O3S2. The SMILES string of the molecule is CCOc1cc(C=NNC(=O)CSc2nc3ccccc3s2)ccc1OCc1ccccc1. The van der Waals surface area contributed by atoms with Gasteiger partial charge >= 0.3 is 0 Å². The van der Waals surface area contributed by atoms with Gasteiger partial charge in [-0.3, -0.25) is 4.79 Å². The minimum Gasteiger partial charge on any atom is -0.490 e. The van der Waals surface area contributed by atoms with E-state index >= 15 is 0 Å². The molecule has 0 unspecified atom stereocenters. The van der Waals surface area contributed by atoms with E-state index in [1.54, 1.807) is 17.6 Å². The molecule has 168 valence electrons. The summed E-state index contributed by atoms with van der Waals surface area (Å²) in [5.74, 6) is 1.35. The summed E-state index contributed by atoms with van der Waals surface area (Å²) in [4.78, 5) is 16.7. The molecule has 0 fully saturated rings.